The van der Waals surface area contributed by atoms with E-state index < -0.39 is 42.2 Å². The van der Waals surface area contributed by atoms with Gasteiger partial charge in [-0.25, -0.2) is 4.79 Å². The quantitative estimate of drug-likeness (QED) is 0.388. The number of hydrogen-bond acceptors (Lipinski definition) is 7. The van der Waals surface area contributed by atoms with Gasteiger partial charge in [-0.05, 0) is 13.8 Å². The van der Waals surface area contributed by atoms with Crippen molar-refractivity contribution in [3.05, 3.63) is 0 Å². The molecule has 1 amide bonds. The van der Waals surface area contributed by atoms with E-state index in [1.54, 1.807) is 6.92 Å². The van der Waals surface area contributed by atoms with Crippen LogP contribution in [0, 0.1) is 0 Å². The fraction of sp³-hybridized carbons (Fsp3) is 0.818. The summed E-state index contributed by atoms with van der Waals surface area (Å²) in [5.41, 5.74) is -2.08. The lowest BCUT2D eigenvalue weighted by atomic mass is 9.86. The van der Waals surface area contributed by atoms with Gasteiger partial charge in [0.25, 0.3) is 0 Å². The van der Waals surface area contributed by atoms with E-state index in [0.29, 0.717) is 4.90 Å². The van der Waals surface area contributed by atoms with E-state index in [-0.39, 0.29) is 13.0 Å². The Bertz CT molecular complexity index is 389. The van der Waals surface area contributed by atoms with Gasteiger partial charge in [-0.1, -0.05) is 0 Å². The summed E-state index contributed by atoms with van der Waals surface area (Å²) in [7, 11) is 0. The van der Waals surface area contributed by atoms with Crippen molar-refractivity contribution in [3.63, 3.8) is 0 Å². The van der Waals surface area contributed by atoms with Gasteiger partial charge in [0.1, 0.15) is 12.2 Å². The molecule has 0 aliphatic carbocycles. The van der Waals surface area contributed by atoms with Gasteiger partial charge in [-0.15, -0.1) is 0 Å². The van der Waals surface area contributed by atoms with E-state index in [1.807, 2.05) is 0 Å². The molecule has 2 saturated heterocycles. The number of esters is 1. The number of carbonyl (C=O) groups is 2. The van der Waals surface area contributed by atoms with Crippen LogP contribution in [0.25, 0.3) is 0 Å². The molecule has 0 spiro atoms. The van der Waals surface area contributed by atoms with Crippen molar-refractivity contribution in [3.8, 4) is 0 Å². The molecule has 6 atom stereocenters. The molecule has 3 N–H and O–H groups in total. The average Bonchev–Trinajstić information content (AvgIpc) is 2.72. The molecule has 2 rings (SSSR count). The van der Waals surface area contributed by atoms with E-state index >= 15 is 0 Å². The highest BCUT2D eigenvalue weighted by molar-refractivity contribution is 5.81. The smallest absolute Gasteiger partial charge is 0.332 e. The van der Waals surface area contributed by atoms with Crippen molar-refractivity contribution in [2.45, 2.75) is 50.0 Å². The fourth-order valence-corrected chi connectivity index (χ4v) is 2.79. The second-order valence-electron chi connectivity index (χ2n) is 4.71. The van der Waals surface area contributed by atoms with Crippen LogP contribution in [0.5, 0.6) is 0 Å². The van der Waals surface area contributed by atoms with Crippen LogP contribution in [0.4, 0.5) is 0 Å². The molecule has 19 heavy (non-hydrogen) atoms. The van der Waals surface area contributed by atoms with Crippen LogP contribution in [0.15, 0.2) is 0 Å². The number of likely N-dealkylation sites (tertiary alicyclic amines) is 1. The maximum Gasteiger partial charge on any atom is 0.332 e. The summed E-state index contributed by atoms with van der Waals surface area (Å²) in [5.74, 6) is -0.893. The van der Waals surface area contributed by atoms with Crippen molar-refractivity contribution in [2.24, 2.45) is 0 Å². The Balaban J connectivity index is 2.41. The van der Waals surface area contributed by atoms with E-state index in [4.69, 9.17) is 9.47 Å². The molecule has 0 aromatic rings. The Morgan fingerprint density at radius 1 is 1.53 bits per heavy atom. The topological polar surface area (TPSA) is 117 Å². The summed E-state index contributed by atoms with van der Waals surface area (Å²) >= 11 is 0. The molecule has 0 aromatic heterocycles. The summed E-state index contributed by atoms with van der Waals surface area (Å²) < 4.78 is 10.0. The third kappa shape index (κ3) is 1.75. The van der Waals surface area contributed by atoms with Gasteiger partial charge in [0.05, 0.1) is 12.7 Å². The van der Waals surface area contributed by atoms with Crippen LogP contribution in [0.3, 0.4) is 0 Å². The highest BCUT2D eigenvalue weighted by Crippen LogP contribution is 2.44. The Labute approximate surface area is 109 Å². The van der Waals surface area contributed by atoms with E-state index in [0.717, 1.165) is 0 Å². The van der Waals surface area contributed by atoms with Gasteiger partial charge in [0.15, 0.2) is 17.9 Å². The SMILES string of the molecule is CCOC(=O)C1N(C=O)C(O)[C@H]2O[C@@H](C)C(O)[C@]12O. The largest absolute Gasteiger partial charge is 0.464 e. The molecular weight excluding hydrogens is 258 g/mol. The second kappa shape index (κ2) is 4.71. The van der Waals surface area contributed by atoms with Crippen LogP contribution in [-0.2, 0) is 19.1 Å². The number of hydrogen-bond donors (Lipinski definition) is 3. The molecule has 108 valence electrons. The van der Waals surface area contributed by atoms with Gasteiger partial charge in [0, 0.05) is 0 Å². The minimum absolute atomic E-state index is 0.0470. The third-order valence-electron chi connectivity index (χ3n) is 3.68. The van der Waals surface area contributed by atoms with Crippen molar-refractivity contribution in [1.29, 1.82) is 0 Å². The first-order valence-corrected chi connectivity index (χ1v) is 6.02. The number of aliphatic hydroxyl groups is 3. The van der Waals surface area contributed by atoms with Crippen molar-refractivity contribution < 1.29 is 34.4 Å². The zero-order chi connectivity index (χ0) is 14.4. The lowest BCUT2D eigenvalue weighted by Crippen LogP contribution is -2.59. The normalized spacial score (nSPS) is 45.1. The zero-order valence-corrected chi connectivity index (χ0v) is 10.6. The maximum atomic E-state index is 11.9. The molecular formula is C11H17NO7. The van der Waals surface area contributed by atoms with E-state index in [1.165, 1.54) is 6.92 Å². The zero-order valence-electron chi connectivity index (χ0n) is 10.6. The number of amides is 1. The molecule has 2 aliphatic rings. The number of rotatable bonds is 3. The summed E-state index contributed by atoms with van der Waals surface area (Å²) in [4.78, 5) is 23.6. The van der Waals surface area contributed by atoms with Crippen molar-refractivity contribution in [2.75, 3.05) is 6.61 Å². The number of carbonyl (C=O) groups excluding carboxylic acids is 2. The maximum absolute atomic E-state index is 11.9. The van der Waals surface area contributed by atoms with Crippen molar-refractivity contribution >= 4 is 12.4 Å². The molecule has 0 saturated carbocycles. The summed E-state index contributed by atoms with van der Waals surface area (Å²) in [6.45, 7) is 3.12. The van der Waals surface area contributed by atoms with Gasteiger partial charge in [-0.2, -0.15) is 0 Å². The van der Waals surface area contributed by atoms with E-state index in [2.05, 4.69) is 0 Å². The lowest BCUT2D eigenvalue weighted by molar-refractivity contribution is -0.166. The fourth-order valence-electron chi connectivity index (χ4n) is 2.79. The highest BCUT2D eigenvalue weighted by Gasteiger charge is 2.70. The summed E-state index contributed by atoms with van der Waals surface area (Å²) in [6.07, 6.45) is -4.72. The predicted octanol–water partition coefficient (Wildman–Crippen LogP) is -2.41. The first-order chi connectivity index (χ1) is 8.89. The Hall–Kier alpha value is -1.22. The van der Waals surface area contributed by atoms with Gasteiger partial charge >= 0.3 is 5.97 Å². The molecule has 3 unspecified atom stereocenters. The van der Waals surface area contributed by atoms with Crippen LogP contribution < -0.4 is 0 Å². The second-order valence-corrected chi connectivity index (χ2v) is 4.71. The number of nitrogens with zero attached hydrogens (tertiary/aromatic N) is 1. The van der Waals surface area contributed by atoms with Crippen molar-refractivity contribution in [1.82, 2.24) is 4.90 Å². The van der Waals surface area contributed by atoms with Crippen LogP contribution in [0.1, 0.15) is 13.8 Å². The lowest BCUT2D eigenvalue weighted by Gasteiger charge is -2.31. The number of aliphatic hydroxyl groups excluding tert-OH is 2. The molecule has 0 radical (unpaired) electrons. The van der Waals surface area contributed by atoms with Crippen LogP contribution >= 0.6 is 0 Å². The minimum atomic E-state index is -2.08. The van der Waals surface area contributed by atoms with Crippen LogP contribution in [-0.4, -0.2) is 75.4 Å². The molecule has 8 heteroatoms. The standard InChI is InChI=1S/C11H17NO7/c1-3-18-10(16)6-11(17)7(14)5(2)19-8(11)9(15)12(6)4-13/h4-9,14-15,17H,3H2,1-2H3/t5-,6?,7?,8+,9?,11+/m0/s1. The molecule has 0 bridgehead atoms. The third-order valence-corrected chi connectivity index (χ3v) is 3.68. The number of ether oxygens (including phenoxy) is 2. The highest BCUT2D eigenvalue weighted by atomic mass is 16.6. The Morgan fingerprint density at radius 2 is 2.16 bits per heavy atom. The monoisotopic (exact) mass is 275 g/mol. The first-order valence-electron chi connectivity index (χ1n) is 6.02. The van der Waals surface area contributed by atoms with Gasteiger partial charge in [-0.3, -0.25) is 9.69 Å². The average molecular weight is 275 g/mol. The first kappa shape index (κ1) is 14.2. The summed E-state index contributed by atoms with van der Waals surface area (Å²) in [6, 6.07) is -1.50. The summed E-state index contributed by atoms with van der Waals surface area (Å²) in [5, 5.41) is 30.5. The van der Waals surface area contributed by atoms with Gasteiger partial charge in [0.2, 0.25) is 6.41 Å². The molecule has 2 fully saturated rings. The predicted molar refractivity (Wildman–Crippen MR) is 59.6 cm³/mol. The number of fused-ring (bicyclic) bond motifs is 1. The van der Waals surface area contributed by atoms with E-state index in [9.17, 15) is 24.9 Å². The Kier molecular flexibility index (Phi) is 3.52. The molecule has 2 heterocycles. The van der Waals surface area contributed by atoms with Crippen LogP contribution in [0.2, 0.25) is 0 Å². The Morgan fingerprint density at radius 3 is 2.68 bits per heavy atom. The minimum Gasteiger partial charge on any atom is -0.464 e. The molecule has 8 nitrogen and oxygen atoms in total. The van der Waals surface area contributed by atoms with Gasteiger partial charge < -0.3 is 24.8 Å². The molecule has 0 aromatic carbocycles. The molecule has 2 aliphatic heterocycles.